The predicted octanol–water partition coefficient (Wildman–Crippen LogP) is 15.9. The molecule has 0 saturated heterocycles. The number of halogens is 2. The molecule has 15 aromatic rings. The van der Waals surface area contributed by atoms with Crippen LogP contribution in [0.4, 0.5) is 8.78 Å². The first kappa shape index (κ1) is 40.2. The summed E-state index contributed by atoms with van der Waals surface area (Å²) in [5.41, 5.74) is 12.0. The molecule has 0 saturated carbocycles. The molecular weight excluding hydrogens is 893 g/mol. The molecule has 10 aromatic carbocycles. The first-order valence-corrected chi connectivity index (χ1v) is 23.9. The molecule has 0 fully saturated rings. The summed E-state index contributed by atoms with van der Waals surface area (Å²) in [7, 11) is 0. The van der Waals surface area contributed by atoms with Gasteiger partial charge in [-0.25, -0.2) is 8.78 Å². The molecule has 0 aliphatic heterocycles. The molecule has 0 aliphatic rings. The summed E-state index contributed by atoms with van der Waals surface area (Å²) in [5.74, 6) is 0.789. The van der Waals surface area contributed by atoms with Crippen LogP contribution < -0.4 is 0 Å². The fourth-order valence-electron chi connectivity index (χ4n) is 11.4. The van der Waals surface area contributed by atoms with Crippen LogP contribution in [0, 0.1) is 11.6 Å². The zero-order valence-electron chi connectivity index (χ0n) is 38.2. The lowest BCUT2D eigenvalue weighted by atomic mass is 10.0. The monoisotopic (exact) mass is 929 g/mol. The average molecular weight is 930 g/mol. The van der Waals surface area contributed by atoms with E-state index in [1.807, 2.05) is 48.5 Å². The molecule has 5 heterocycles. The van der Waals surface area contributed by atoms with Crippen LogP contribution >= 0.6 is 0 Å². The highest BCUT2D eigenvalue weighted by Crippen LogP contribution is 2.44. The van der Waals surface area contributed by atoms with Crippen molar-refractivity contribution in [3.8, 4) is 45.8 Å². The number of aromatic nitrogens is 7. The van der Waals surface area contributed by atoms with Crippen molar-refractivity contribution in [3.05, 3.63) is 236 Å². The highest BCUT2D eigenvalue weighted by molar-refractivity contribution is 6.29. The van der Waals surface area contributed by atoms with Crippen molar-refractivity contribution < 1.29 is 8.78 Å². The number of benzene rings is 10. The third kappa shape index (κ3) is 5.85. The zero-order chi connectivity index (χ0) is 47.6. The molecule has 7 nitrogen and oxygen atoms in total. The third-order valence-electron chi connectivity index (χ3n) is 14.3. The molecule has 0 atom stereocenters. The van der Waals surface area contributed by atoms with E-state index in [1.54, 1.807) is 24.3 Å². The summed E-state index contributed by atoms with van der Waals surface area (Å²) >= 11 is 0. The third-order valence-corrected chi connectivity index (χ3v) is 14.3. The molecule has 0 bridgehead atoms. The van der Waals surface area contributed by atoms with Gasteiger partial charge in [0.05, 0.1) is 44.1 Å². The van der Waals surface area contributed by atoms with Crippen molar-refractivity contribution in [2.45, 2.75) is 0 Å². The van der Waals surface area contributed by atoms with Crippen LogP contribution in [0.25, 0.3) is 133 Å². The van der Waals surface area contributed by atoms with Crippen LogP contribution in [0.3, 0.4) is 0 Å². The molecule has 9 heteroatoms. The number of nitrogens with zero attached hydrogens (tertiary/aromatic N) is 7. The lowest BCUT2D eigenvalue weighted by molar-refractivity contribution is 0.626. The van der Waals surface area contributed by atoms with Gasteiger partial charge < -0.3 is 9.13 Å². The Labute approximate surface area is 409 Å². The van der Waals surface area contributed by atoms with Crippen LogP contribution in [0.1, 0.15) is 0 Å². The van der Waals surface area contributed by atoms with Crippen LogP contribution in [0.15, 0.2) is 224 Å². The highest BCUT2D eigenvalue weighted by atomic mass is 19.1. The zero-order valence-corrected chi connectivity index (χ0v) is 38.2. The second kappa shape index (κ2) is 15.4. The summed E-state index contributed by atoms with van der Waals surface area (Å²) in [4.78, 5) is 16.5. The molecule has 0 spiro atoms. The van der Waals surface area contributed by atoms with Crippen LogP contribution in [-0.2, 0) is 0 Å². The molecule has 0 radical (unpaired) electrons. The van der Waals surface area contributed by atoms with E-state index in [1.165, 1.54) is 12.1 Å². The normalized spacial score (nSPS) is 12.0. The average Bonchev–Trinajstić information content (AvgIpc) is 4.16. The van der Waals surface area contributed by atoms with Crippen molar-refractivity contribution in [1.29, 1.82) is 0 Å². The SMILES string of the molecule is Fc1cccc(-n2c3ccccc3c3c4c5ccccc5n(-c5nc(-c6ccc(-c7ccccc7)cc6)nc(-n6c7ccccc7c7ccc8c(c9ccccc9n8-c8cccc(F)c8)c76)n5)c4ccc32)c1. The van der Waals surface area contributed by atoms with Crippen molar-refractivity contribution >= 4 is 87.2 Å². The molecule has 0 N–H and O–H groups in total. The quantitative estimate of drug-likeness (QED) is 0.167. The van der Waals surface area contributed by atoms with Crippen molar-refractivity contribution in [2.24, 2.45) is 0 Å². The fourth-order valence-corrected chi connectivity index (χ4v) is 11.4. The molecule has 5 aromatic heterocycles. The van der Waals surface area contributed by atoms with Gasteiger partial charge in [-0.15, -0.1) is 0 Å². The maximum atomic E-state index is 15.0. The summed E-state index contributed by atoms with van der Waals surface area (Å²) in [6.45, 7) is 0. The maximum absolute atomic E-state index is 15.0. The number of para-hydroxylation sites is 4. The van der Waals surface area contributed by atoms with E-state index < -0.39 is 0 Å². The molecule has 0 amide bonds. The number of hydrogen-bond acceptors (Lipinski definition) is 3. The van der Waals surface area contributed by atoms with Gasteiger partial charge in [-0.3, -0.25) is 9.13 Å². The maximum Gasteiger partial charge on any atom is 0.240 e. The van der Waals surface area contributed by atoms with E-state index >= 15 is 4.39 Å². The molecule has 0 unspecified atom stereocenters. The second-order valence-electron chi connectivity index (χ2n) is 18.3. The molecule has 72 heavy (non-hydrogen) atoms. The Morgan fingerprint density at radius 1 is 0.278 bits per heavy atom. The van der Waals surface area contributed by atoms with Gasteiger partial charge in [-0.1, -0.05) is 146 Å². The van der Waals surface area contributed by atoms with Gasteiger partial charge >= 0.3 is 0 Å². The Hall–Kier alpha value is -9.73. The van der Waals surface area contributed by atoms with Gasteiger partial charge in [-0.2, -0.15) is 15.0 Å². The lowest BCUT2D eigenvalue weighted by Crippen LogP contribution is -2.10. The molecule has 338 valence electrons. The van der Waals surface area contributed by atoms with Crippen LogP contribution in [-0.4, -0.2) is 33.2 Å². The second-order valence-corrected chi connectivity index (χ2v) is 18.3. The highest BCUT2D eigenvalue weighted by Gasteiger charge is 2.26. The Kier molecular flexibility index (Phi) is 8.59. The minimum Gasteiger partial charge on any atom is -0.309 e. The Bertz CT molecular complexity index is 4710. The Balaban J connectivity index is 1.06. The molecule has 0 aliphatic carbocycles. The van der Waals surface area contributed by atoms with Gasteiger partial charge in [0, 0.05) is 60.0 Å². The number of rotatable bonds is 6. The van der Waals surface area contributed by atoms with Gasteiger partial charge in [0.15, 0.2) is 5.82 Å². The summed E-state index contributed by atoms with van der Waals surface area (Å²) < 4.78 is 38.6. The first-order chi connectivity index (χ1) is 35.6. The standard InChI is InChI=1S/C63H37F2N7/c64-41-16-12-18-43(36-41)69-51-25-9-5-21-47(51)57-54(69)34-35-55-58(57)48-22-6-11-27-53(48)71(55)62-66-61(40-30-28-39(29-31-40)38-14-2-1-3-15-38)67-63(68-62)72-50-24-8-4-20-45(50)46-32-33-56-59(60(46)72)49-23-7-10-26-52(49)70(56)44-19-13-17-42(65)37-44/h1-37H. The summed E-state index contributed by atoms with van der Waals surface area (Å²) in [6, 6.07) is 74.2. The molecular formula is C63H37F2N7. The van der Waals surface area contributed by atoms with E-state index in [-0.39, 0.29) is 11.6 Å². The Morgan fingerprint density at radius 2 is 0.708 bits per heavy atom. The van der Waals surface area contributed by atoms with Crippen molar-refractivity contribution in [2.75, 3.05) is 0 Å². The summed E-state index contributed by atoms with van der Waals surface area (Å²) in [6.07, 6.45) is 0. The lowest BCUT2D eigenvalue weighted by Gasteiger charge is -2.13. The van der Waals surface area contributed by atoms with Crippen molar-refractivity contribution in [1.82, 2.24) is 33.2 Å². The van der Waals surface area contributed by atoms with Crippen LogP contribution in [0.2, 0.25) is 0 Å². The van der Waals surface area contributed by atoms with Crippen LogP contribution in [0.5, 0.6) is 0 Å². The first-order valence-electron chi connectivity index (χ1n) is 23.9. The van der Waals surface area contributed by atoms with E-state index in [0.717, 1.165) is 115 Å². The summed E-state index contributed by atoms with van der Waals surface area (Å²) in [5, 5.41) is 8.25. The number of fused-ring (bicyclic) bond motifs is 14. The van der Waals surface area contributed by atoms with Gasteiger partial charge in [0.25, 0.3) is 0 Å². The Morgan fingerprint density at radius 3 is 1.29 bits per heavy atom. The van der Waals surface area contributed by atoms with Gasteiger partial charge in [0.1, 0.15) is 11.6 Å². The van der Waals surface area contributed by atoms with E-state index in [0.29, 0.717) is 17.7 Å². The topological polar surface area (TPSA) is 58.4 Å². The predicted molar refractivity (Wildman–Crippen MR) is 288 cm³/mol. The molecule has 15 rings (SSSR count). The largest absolute Gasteiger partial charge is 0.309 e. The fraction of sp³-hybridized carbons (Fsp3) is 0. The van der Waals surface area contributed by atoms with E-state index in [2.05, 4.69) is 158 Å². The number of hydrogen-bond donors (Lipinski definition) is 0. The minimum atomic E-state index is -0.307. The van der Waals surface area contributed by atoms with Gasteiger partial charge in [-0.05, 0) is 90.0 Å². The van der Waals surface area contributed by atoms with E-state index in [4.69, 9.17) is 15.0 Å². The minimum absolute atomic E-state index is 0.298. The smallest absolute Gasteiger partial charge is 0.240 e. The van der Waals surface area contributed by atoms with Gasteiger partial charge in [0.2, 0.25) is 11.9 Å². The van der Waals surface area contributed by atoms with E-state index in [9.17, 15) is 4.39 Å². The van der Waals surface area contributed by atoms with Crippen molar-refractivity contribution in [3.63, 3.8) is 0 Å².